The topological polar surface area (TPSA) is 49.3 Å². The Bertz CT molecular complexity index is 724. The largest absolute Gasteiger partial charge is 0.416 e. The zero-order valence-electron chi connectivity index (χ0n) is 14.9. The molecule has 0 amide bonds. The van der Waals surface area contributed by atoms with E-state index in [4.69, 9.17) is 0 Å². The molecule has 0 bridgehead atoms. The number of nitrogens with one attached hydrogen (secondary N) is 2. The van der Waals surface area contributed by atoms with Gasteiger partial charge in [-0.15, -0.1) is 0 Å². The number of alkyl halides is 3. The highest BCUT2D eigenvalue weighted by atomic mass is 19.4. The van der Waals surface area contributed by atoms with E-state index in [1.165, 1.54) is 6.07 Å². The van der Waals surface area contributed by atoms with Gasteiger partial charge in [-0.25, -0.2) is 4.99 Å². The number of aliphatic imine (C=N–C) groups is 1. The maximum absolute atomic E-state index is 12.8. The lowest BCUT2D eigenvalue weighted by Crippen LogP contribution is -2.38. The SMILES string of the molecule is CCNC(=NCc1cccc(C(F)(F)F)c1)NCCc1ccc(C)nc1. The molecule has 1 aromatic heterocycles. The minimum absolute atomic E-state index is 0.172. The standard InChI is InChI=1S/C19H23F3N4/c1-3-23-18(24-10-9-15-8-7-14(2)25-12-15)26-13-16-5-4-6-17(11-16)19(20,21)22/h4-8,11-12H,3,9-10,13H2,1-2H3,(H2,23,24,26). The number of aromatic nitrogens is 1. The third-order valence-corrected chi connectivity index (χ3v) is 3.70. The smallest absolute Gasteiger partial charge is 0.357 e. The number of hydrogen-bond acceptors (Lipinski definition) is 2. The Morgan fingerprint density at radius 2 is 1.92 bits per heavy atom. The number of hydrogen-bond donors (Lipinski definition) is 2. The molecule has 0 saturated heterocycles. The molecule has 26 heavy (non-hydrogen) atoms. The Labute approximate surface area is 151 Å². The summed E-state index contributed by atoms with van der Waals surface area (Å²) in [7, 11) is 0. The number of guanidine groups is 1. The minimum Gasteiger partial charge on any atom is -0.357 e. The van der Waals surface area contributed by atoms with E-state index in [-0.39, 0.29) is 6.54 Å². The highest BCUT2D eigenvalue weighted by molar-refractivity contribution is 5.79. The molecule has 2 N–H and O–H groups in total. The van der Waals surface area contributed by atoms with Crippen molar-refractivity contribution in [2.24, 2.45) is 4.99 Å². The van der Waals surface area contributed by atoms with Crippen molar-refractivity contribution in [1.82, 2.24) is 15.6 Å². The molecule has 1 aromatic carbocycles. The van der Waals surface area contributed by atoms with Gasteiger partial charge >= 0.3 is 6.18 Å². The molecule has 1 heterocycles. The third kappa shape index (κ3) is 6.38. The van der Waals surface area contributed by atoms with E-state index in [2.05, 4.69) is 20.6 Å². The van der Waals surface area contributed by atoms with E-state index in [0.717, 1.165) is 29.8 Å². The van der Waals surface area contributed by atoms with Crippen LogP contribution in [-0.4, -0.2) is 24.0 Å². The first-order chi connectivity index (χ1) is 12.4. The molecule has 0 unspecified atom stereocenters. The quantitative estimate of drug-likeness (QED) is 0.607. The number of rotatable bonds is 6. The summed E-state index contributed by atoms with van der Waals surface area (Å²) in [6, 6.07) is 9.22. The van der Waals surface area contributed by atoms with Crippen LogP contribution in [0.25, 0.3) is 0 Å². The Balaban J connectivity index is 1.94. The summed E-state index contributed by atoms with van der Waals surface area (Å²) in [5, 5.41) is 6.28. The van der Waals surface area contributed by atoms with E-state index in [9.17, 15) is 13.2 Å². The average Bonchev–Trinajstić information content (AvgIpc) is 2.61. The number of nitrogens with zero attached hydrogens (tertiary/aromatic N) is 2. The van der Waals surface area contributed by atoms with Crippen molar-refractivity contribution in [2.75, 3.05) is 13.1 Å². The van der Waals surface area contributed by atoms with Crippen LogP contribution in [0.2, 0.25) is 0 Å². The van der Waals surface area contributed by atoms with Gasteiger partial charge in [0.1, 0.15) is 0 Å². The predicted molar refractivity (Wildman–Crippen MR) is 96.9 cm³/mol. The highest BCUT2D eigenvalue weighted by Crippen LogP contribution is 2.29. The second-order valence-electron chi connectivity index (χ2n) is 5.88. The van der Waals surface area contributed by atoms with Gasteiger partial charge in [0, 0.05) is 25.0 Å². The van der Waals surface area contributed by atoms with E-state index in [1.807, 2.05) is 32.2 Å². The molecule has 4 nitrogen and oxygen atoms in total. The van der Waals surface area contributed by atoms with Gasteiger partial charge < -0.3 is 10.6 Å². The molecule has 0 spiro atoms. The molecular weight excluding hydrogens is 341 g/mol. The summed E-state index contributed by atoms with van der Waals surface area (Å²) in [6.07, 6.45) is -1.73. The number of pyridine rings is 1. The van der Waals surface area contributed by atoms with Crippen LogP contribution >= 0.6 is 0 Å². The van der Waals surface area contributed by atoms with Gasteiger partial charge in [0.15, 0.2) is 5.96 Å². The highest BCUT2D eigenvalue weighted by Gasteiger charge is 2.30. The Morgan fingerprint density at radius 3 is 2.58 bits per heavy atom. The molecule has 0 aliphatic heterocycles. The maximum atomic E-state index is 12.8. The molecule has 0 saturated carbocycles. The van der Waals surface area contributed by atoms with Gasteiger partial charge in [-0.05, 0) is 49.6 Å². The maximum Gasteiger partial charge on any atom is 0.416 e. The van der Waals surface area contributed by atoms with Crippen LogP contribution in [0.3, 0.4) is 0 Å². The summed E-state index contributed by atoms with van der Waals surface area (Å²) in [6.45, 7) is 5.36. The average molecular weight is 364 g/mol. The van der Waals surface area contributed by atoms with Crippen LogP contribution in [-0.2, 0) is 19.1 Å². The van der Waals surface area contributed by atoms with Gasteiger partial charge in [0.25, 0.3) is 0 Å². The van der Waals surface area contributed by atoms with Gasteiger partial charge in [-0.1, -0.05) is 18.2 Å². The molecule has 0 radical (unpaired) electrons. The first-order valence-electron chi connectivity index (χ1n) is 8.48. The molecule has 140 valence electrons. The van der Waals surface area contributed by atoms with Crippen LogP contribution in [0, 0.1) is 6.92 Å². The molecule has 2 aromatic rings. The molecule has 0 aliphatic carbocycles. The van der Waals surface area contributed by atoms with Crippen molar-refractivity contribution in [3.8, 4) is 0 Å². The first kappa shape index (κ1) is 19.8. The Hall–Kier alpha value is -2.57. The molecular formula is C19H23F3N4. The number of benzene rings is 1. The predicted octanol–water partition coefficient (Wildman–Crippen LogP) is 3.71. The van der Waals surface area contributed by atoms with Crippen LogP contribution in [0.1, 0.15) is 29.3 Å². The molecule has 0 atom stereocenters. The summed E-state index contributed by atoms with van der Waals surface area (Å²) in [4.78, 5) is 8.62. The molecule has 0 aliphatic rings. The minimum atomic E-state index is -4.34. The molecule has 0 fully saturated rings. The summed E-state index contributed by atoms with van der Waals surface area (Å²) in [5.74, 6) is 0.574. The second kappa shape index (κ2) is 9.22. The normalized spacial score (nSPS) is 12.1. The summed E-state index contributed by atoms with van der Waals surface area (Å²) >= 11 is 0. The van der Waals surface area contributed by atoms with E-state index in [1.54, 1.807) is 6.07 Å². The van der Waals surface area contributed by atoms with Crippen LogP contribution in [0.5, 0.6) is 0 Å². The lowest BCUT2D eigenvalue weighted by molar-refractivity contribution is -0.137. The fourth-order valence-electron chi connectivity index (χ4n) is 2.33. The van der Waals surface area contributed by atoms with Crippen LogP contribution in [0.4, 0.5) is 13.2 Å². The van der Waals surface area contributed by atoms with Crippen molar-refractivity contribution in [3.05, 3.63) is 65.0 Å². The van der Waals surface area contributed by atoms with Gasteiger partial charge in [0.05, 0.1) is 12.1 Å². The number of halogens is 3. The molecule has 2 rings (SSSR count). The van der Waals surface area contributed by atoms with Crippen molar-refractivity contribution < 1.29 is 13.2 Å². The fraction of sp³-hybridized carbons (Fsp3) is 0.368. The van der Waals surface area contributed by atoms with E-state index >= 15 is 0 Å². The van der Waals surface area contributed by atoms with Crippen molar-refractivity contribution in [3.63, 3.8) is 0 Å². The van der Waals surface area contributed by atoms with Gasteiger partial charge in [-0.3, -0.25) is 4.98 Å². The zero-order valence-corrected chi connectivity index (χ0v) is 14.9. The lowest BCUT2D eigenvalue weighted by atomic mass is 10.1. The van der Waals surface area contributed by atoms with E-state index < -0.39 is 11.7 Å². The monoisotopic (exact) mass is 364 g/mol. The lowest BCUT2D eigenvalue weighted by Gasteiger charge is -2.12. The van der Waals surface area contributed by atoms with Crippen molar-refractivity contribution in [2.45, 2.75) is 33.0 Å². The second-order valence-corrected chi connectivity index (χ2v) is 5.88. The first-order valence-corrected chi connectivity index (χ1v) is 8.48. The van der Waals surface area contributed by atoms with Crippen LogP contribution in [0.15, 0.2) is 47.6 Å². The van der Waals surface area contributed by atoms with Gasteiger partial charge in [0.2, 0.25) is 0 Å². The Morgan fingerprint density at radius 1 is 1.12 bits per heavy atom. The number of aryl methyl sites for hydroxylation is 1. The third-order valence-electron chi connectivity index (χ3n) is 3.70. The van der Waals surface area contributed by atoms with Gasteiger partial charge in [-0.2, -0.15) is 13.2 Å². The van der Waals surface area contributed by atoms with Crippen molar-refractivity contribution >= 4 is 5.96 Å². The van der Waals surface area contributed by atoms with Crippen LogP contribution < -0.4 is 10.6 Å². The van der Waals surface area contributed by atoms with E-state index in [0.29, 0.717) is 24.6 Å². The molecule has 7 heteroatoms. The van der Waals surface area contributed by atoms with Crippen molar-refractivity contribution in [1.29, 1.82) is 0 Å². The summed E-state index contributed by atoms with van der Waals surface area (Å²) in [5.41, 5.74) is 1.93. The Kier molecular flexibility index (Phi) is 7.00. The summed E-state index contributed by atoms with van der Waals surface area (Å²) < 4.78 is 38.3. The zero-order chi connectivity index (χ0) is 19.0. The fourth-order valence-corrected chi connectivity index (χ4v) is 2.33.